The molecule has 0 radical (unpaired) electrons. The normalized spacial score (nSPS) is 16.7. The van der Waals surface area contributed by atoms with Gasteiger partial charge in [0.2, 0.25) is 0 Å². The molecular weight excluding hydrogens is 404 g/mol. The first-order valence-corrected chi connectivity index (χ1v) is 11.6. The maximum Gasteiger partial charge on any atom is 0.410 e. The van der Waals surface area contributed by atoms with Crippen LogP contribution in [0.25, 0.3) is 0 Å². The van der Waals surface area contributed by atoms with Gasteiger partial charge in [0.25, 0.3) is 5.91 Å². The number of benzene rings is 1. The molecule has 0 saturated heterocycles. The molecule has 0 spiro atoms. The summed E-state index contributed by atoms with van der Waals surface area (Å²) in [5.74, 6) is -0.210. The van der Waals surface area contributed by atoms with Crippen molar-refractivity contribution in [2.45, 2.75) is 78.0 Å². The minimum Gasteiger partial charge on any atom is -0.444 e. The molecule has 0 saturated carbocycles. The van der Waals surface area contributed by atoms with Crippen LogP contribution in [-0.2, 0) is 37.6 Å². The first-order valence-electron chi connectivity index (χ1n) is 11.6. The molecule has 7 heteroatoms. The summed E-state index contributed by atoms with van der Waals surface area (Å²) in [5.41, 5.74) is 5.57. The summed E-state index contributed by atoms with van der Waals surface area (Å²) >= 11 is 0. The van der Waals surface area contributed by atoms with Crippen LogP contribution in [0.1, 0.15) is 85.0 Å². The molecule has 2 heterocycles. The number of hydrogen-bond acceptors (Lipinski definition) is 4. The zero-order chi connectivity index (χ0) is 23.0. The molecular formula is C25H34N4O3. The van der Waals surface area contributed by atoms with Crippen LogP contribution in [0.4, 0.5) is 4.79 Å². The van der Waals surface area contributed by atoms with Crippen LogP contribution in [0.15, 0.2) is 18.2 Å². The monoisotopic (exact) mass is 438 g/mol. The summed E-state index contributed by atoms with van der Waals surface area (Å²) < 4.78 is 7.29. The number of rotatable bonds is 3. The summed E-state index contributed by atoms with van der Waals surface area (Å²) in [4.78, 5) is 27.4. The molecule has 1 aromatic heterocycles. The fraction of sp³-hybridized carbons (Fsp3) is 0.560. The van der Waals surface area contributed by atoms with E-state index in [-0.39, 0.29) is 18.0 Å². The molecule has 0 fully saturated rings. The fourth-order valence-corrected chi connectivity index (χ4v) is 4.63. The van der Waals surface area contributed by atoms with Crippen LogP contribution >= 0.6 is 0 Å². The highest BCUT2D eigenvalue weighted by Gasteiger charge is 2.32. The number of amides is 2. The number of aromatic nitrogens is 2. The molecule has 1 N–H and O–H groups in total. The average molecular weight is 439 g/mol. The van der Waals surface area contributed by atoms with E-state index in [1.807, 2.05) is 34.7 Å². The van der Waals surface area contributed by atoms with E-state index in [2.05, 4.69) is 28.6 Å². The van der Waals surface area contributed by atoms with Gasteiger partial charge in [0.05, 0.1) is 12.6 Å². The van der Waals surface area contributed by atoms with Crippen molar-refractivity contribution in [3.8, 4) is 0 Å². The quantitative estimate of drug-likeness (QED) is 0.783. The van der Waals surface area contributed by atoms with E-state index in [9.17, 15) is 9.59 Å². The fourth-order valence-electron chi connectivity index (χ4n) is 4.63. The maximum absolute atomic E-state index is 13.2. The van der Waals surface area contributed by atoms with Crippen molar-refractivity contribution >= 4 is 12.0 Å². The number of carbonyl (C=O) groups is 2. The SMILES string of the molecule is CC(NC(=O)c1nn(C)c2c1CN(C(=O)OC(C)(C)C)CC2)c1ccc2c(c1)CCCC2. The van der Waals surface area contributed by atoms with Gasteiger partial charge in [-0.3, -0.25) is 9.48 Å². The Morgan fingerprint density at radius 2 is 1.84 bits per heavy atom. The smallest absolute Gasteiger partial charge is 0.410 e. The second-order valence-electron chi connectivity index (χ2n) is 9.98. The number of hydrogen-bond donors (Lipinski definition) is 1. The molecule has 4 rings (SSSR count). The Bertz CT molecular complexity index is 1030. The van der Waals surface area contributed by atoms with Gasteiger partial charge in [-0.25, -0.2) is 4.79 Å². The van der Waals surface area contributed by atoms with Gasteiger partial charge in [-0.15, -0.1) is 0 Å². The van der Waals surface area contributed by atoms with E-state index in [1.165, 1.54) is 24.0 Å². The molecule has 172 valence electrons. The van der Waals surface area contributed by atoms with E-state index in [0.29, 0.717) is 25.2 Å². The van der Waals surface area contributed by atoms with Crippen molar-refractivity contribution in [1.29, 1.82) is 0 Å². The summed E-state index contributed by atoms with van der Waals surface area (Å²) in [7, 11) is 1.85. The molecule has 2 aliphatic rings. The minimum absolute atomic E-state index is 0.127. The third-order valence-electron chi connectivity index (χ3n) is 6.33. The van der Waals surface area contributed by atoms with Crippen LogP contribution < -0.4 is 5.32 Å². The van der Waals surface area contributed by atoms with Crippen LogP contribution in [0.2, 0.25) is 0 Å². The predicted molar refractivity (Wildman–Crippen MR) is 123 cm³/mol. The highest BCUT2D eigenvalue weighted by atomic mass is 16.6. The Morgan fingerprint density at radius 3 is 2.56 bits per heavy atom. The Balaban J connectivity index is 1.50. The molecule has 2 amide bonds. The summed E-state index contributed by atoms with van der Waals surface area (Å²) in [5, 5.41) is 7.62. The van der Waals surface area contributed by atoms with E-state index in [1.54, 1.807) is 9.58 Å². The van der Waals surface area contributed by atoms with E-state index in [4.69, 9.17) is 4.74 Å². The van der Waals surface area contributed by atoms with Crippen molar-refractivity contribution in [3.05, 3.63) is 51.8 Å². The van der Waals surface area contributed by atoms with Crippen LogP contribution in [0, 0.1) is 0 Å². The Labute approximate surface area is 190 Å². The van der Waals surface area contributed by atoms with Gasteiger partial charge in [0.1, 0.15) is 5.60 Å². The number of aryl methyl sites for hydroxylation is 3. The van der Waals surface area contributed by atoms with E-state index >= 15 is 0 Å². The minimum atomic E-state index is -0.559. The molecule has 0 bridgehead atoms. The largest absolute Gasteiger partial charge is 0.444 e. The van der Waals surface area contributed by atoms with Crippen molar-refractivity contribution in [2.75, 3.05) is 6.54 Å². The second kappa shape index (κ2) is 8.60. The molecule has 1 atom stereocenters. The zero-order valence-corrected chi connectivity index (χ0v) is 19.8. The maximum atomic E-state index is 13.2. The van der Waals surface area contributed by atoms with Crippen LogP contribution in [0.5, 0.6) is 0 Å². The lowest BCUT2D eigenvalue weighted by molar-refractivity contribution is 0.0221. The van der Waals surface area contributed by atoms with Crippen molar-refractivity contribution < 1.29 is 14.3 Å². The van der Waals surface area contributed by atoms with Gasteiger partial charge in [-0.1, -0.05) is 18.2 Å². The van der Waals surface area contributed by atoms with Gasteiger partial charge in [-0.2, -0.15) is 5.10 Å². The standard InChI is InChI=1S/C25H34N4O3/c1-16(18-11-10-17-8-6-7-9-19(17)14-18)26-23(30)22-20-15-29(24(31)32-25(2,3)4)13-12-21(20)28(5)27-22/h10-11,14,16H,6-9,12-13,15H2,1-5H3,(H,26,30). The van der Waals surface area contributed by atoms with Crippen molar-refractivity contribution in [2.24, 2.45) is 7.05 Å². The van der Waals surface area contributed by atoms with Gasteiger partial charge >= 0.3 is 6.09 Å². The lowest BCUT2D eigenvalue weighted by atomic mass is 9.89. The van der Waals surface area contributed by atoms with Crippen molar-refractivity contribution in [1.82, 2.24) is 20.0 Å². The molecule has 1 aliphatic carbocycles. The second-order valence-corrected chi connectivity index (χ2v) is 9.98. The first kappa shape index (κ1) is 22.4. The number of nitrogens with zero attached hydrogens (tertiary/aromatic N) is 3. The lowest BCUT2D eigenvalue weighted by Gasteiger charge is -2.30. The Hall–Kier alpha value is -2.83. The number of carbonyl (C=O) groups excluding carboxylic acids is 2. The highest BCUT2D eigenvalue weighted by Crippen LogP contribution is 2.27. The summed E-state index contributed by atoms with van der Waals surface area (Å²) in [6.07, 6.45) is 5.02. The number of nitrogens with one attached hydrogen (secondary N) is 1. The molecule has 32 heavy (non-hydrogen) atoms. The average Bonchev–Trinajstić information content (AvgIpc) is 3.08. The van der Waals surface area contributed by atoms with E-state index in [0.717, 1.165) is 29.7 Å². The topological polar surface area (TPSA) is 76.5 Å². The number of ether oxygens (including phenoxy) is 1. The zero-order valence-electron chi connectivity index (χ0n) is 19.8. The molecule has 1 aliphatic heterocycles. The molecule has 1 aromatic carbocycles. The van der Waals surface area contributed by atoms with Gasteiger partial charge < -0.3 is 15.0 Å². The van der Waals surface area contributed by atoms with Crippen LogP contribution in [-0.4, -0.2) is 38.8 Å². The van der Waals surface area contributed by atoms with Gasteiger partial charge in [-0.05, 0) is 70.1 Å². The molecule has 2 aromatic rings. The third-order valence-corrected chi connectivity index (χ3v) is 6.33. The van der Waals surface area contributed by atoms with Crippen LogP contribution in [0.3, 0.4) is 0 Å². The van der Waals surface area contributed by atoms with E-state index < -0.39 is 5.60 Å². The third kappa shape index (κ3) is 4.66. The number of fused-ring (bicyclic) bond motifs is 2. The Morgan fingerprint density at radius 1 is 1.12 bits per heavy atom. The Kier molecular flexibility index (Phi) is 6.01. The van der Waals surface area contributed by atoms with Crippen molar-refractivity contribution in [3.63, 3.8) is 0 Å². The first-order chi connectivity index (χ1) is 15.1. The lowest BCUT2D eigenvalue weighted by Crippen LogP contribution is -2.40. The summed E-state index contributed by atoms with van der Waals surface area (Å²) in [6, 6.07) is 6.43. The molecule has 1 unspecified atom stereocenters. The van der Waals surface area contributed by atoms with Gasteiger partial charge in [0.15, 0.2) is 5.69 Å². The van der Waals surface area contributed by atoms with Gasteiger partial charge in [0, 0.05) is 31.3 Å². The molecule has 7 nitrogen and oxygen atoms in total. The summed E-state index contributed by atoms with van der Waals surface area (Å²) in [6.45, 7) is 8.44. The highest BCUT2D eigenvalue weighted by molar-refractivity contribution is 5.94. The predicted octanol–water partition coefficient (Wildman–Crippen LogP) is 4.08.